The minimum atomic E-state index is 0.290. The highest BCUT2D eigenvalue weighted by Gasteiger charge is 2.06. The number of hydrogen-bond donors (Lipinski definition) is 0. The lowest BCUT2D eigenvalue weighted by atomic mass is 10.3. The second kappa shape index (κ2) is 5.10. The summed E-state index contributed by atoms with van der Waals surface area (Å²) in [4.78, 5) is 0. The average molecular weight is 197 g/mol. The Labute approximate surface area is 85.3 Å². The Hall–Kier alpha value is -0.900. The van der Waals surface area contributed by atoms with Crippen molar-refractivity contribution in [2.24, 2.45) is 0 Å². The molecule has 4 heteroatoms. The van der Waals surface area contributed by atoms with Crippen LogP contribution in [0.5, 0.6) is 0 Å². The highest BCUT2D eigenvalue weighted by Crippen LogP contribution is 2.07. The Balaban J connectivity index is 2.46. The fourth-order valence-corrected chi connectivity index (χ4v) is 1.28. The van der Waals surface area contributed by atoms with Crippen LogP contribution in [0.4, 0.5) is 0 Å². The zero-order valence-corrected chi connectivity index (χ0v) is 9.40. The Morgan fingerprint density at radius 1 is 1.36 bits per heavy atom. The van der Waals surface area contributed by atoms with Gasteiger partial charge in [0, 0.05) is 12.5 Å². The molecule has 1 aromatic rings. The lowest BCUT2D eigenvalue weighted by Crippen LogP contribution is -2.12. The van der Waals surface area contributed by atoms with E-state index in [1.54, 1.807) is 0 Å². The van der Waals surface area contributed by atoms with E-state index in [1.807, 2.05) is 24.7 Å². The monoisotopic (exact) mass is 197 g/mol. The first kappa shape index (κ1) is 11.2. The maximum atomic E-state index is 5.48. The van der Waals surface area contributed by atoms with E-state index >= 15 is 0 Å². The molecular formula is C10H19N3O. The number of aromatic nitrogens is 3. The largest absolute Gasteiger partial charge is 0.378 e. The van der Waals surface area contributed by atoms with E-state index in [9.17, 15) is 0 Å². The molecular weight excluding hydrogens is 178 g/mol. The zero-order chi connectivity index (χ0) is 10.6. The van der Waals surface area contributed by atoms with E-state index in [1.165, 1.54) is 0 Å². The van der Waals surface area contributed by atoms with Crippen LogP contribution in [0.15, 0.2) is 6.20 Å². The molecule has 0 aliphatic carbocycles. The van der Waals surface area contributed by atoms with Crippen molar-refractivity contribution >= 4 is 0 Å². The molecule has 0 amide bonds. The molecule has 0 atom stereocenters. The second-order valence-electron chi connectivity index (χ2n) is 3.93. The number of nitrogens with zero attached hydrogens (tertiary/aromatic N) is 3. The minimum absolute atomic E-state index is 0.290. The Kier molecular flexibility index (Phi) is 4.07. The van der Waals surface area contributed by atoms with Crippen LogP contribution in [-0.4, -0.2) is 27.7 Å². The van der Waals surface area contributed by atoms with Crippen LogP contribution in [0, 0.1) is 0 Å². The molecule has 80 valence electrons. The summed E-state index contributed by atoms with van der Waals surface area (Å²) in [5.74, 6) is 0. The number of rotatable bonds is 5. The lowest BCUT2D eigenvalue weighted by Gasteiger charge is -2.10. The molecule has 0 radical (unpaired) electrons. The summed E-state index contributed by atoms with van der Waals surface area (Å²) >= 11 is 0. The smallest absolute Gasteiger partial charge is 0.0726 e. The van der Waals surface area contributed by atoms with Crippen LogP contribution in [0.25, 0.3) is 0 Å². The van der Waals surface area contributed by atoms with Crippen molar-refractivity contribution in [3.05, 3.63) is 11.9 Å². The van der Waals surface area contributed by atoms with Gasteiger partial charge in [-0.05, 0) is 27.7 Å². The highest BCUT2D eigenvalue weighted by atomic mass is 16.5. The molecule has 4 nitrogen and oxygen atoms in total. The van der Waals surface area contributed by atoms with Gasteiger partial charge in [0.05, 0.1) is 24.6 Å². The summed E-state index contributed by atoms with van der Waals surface area (Å²) in [7, 11) is 0. The van der Waals surface area contributed by atoms with Crippen LogP contribution in [0.2, 0.25) is 0 Å². The highest BCUT2D eigenvalue weighted by molar-refractivity contribution is 4.95. The van der Waals surface area contributed by atoms with Gasteiger partial charge in [0.25, 0.3) is 0 Å². The molecule has 0 aromatic carbocycles. The van der Waals surface area contributed by atoms with E-state index < -0.39 is 0 Å². The maximum absolute atomic E-state index is 5.48. The van der Waals surface area contributed by atoms with Gasteiger partial charge in [-0.3, -0.25) is 0 Å². The third-order valence-electron chi connectivity index (χ3n) is 1.95. The molecule has 0 fully saturated rings. The molecule has 1 rings (SSSR count). The molecule has 0 bridgehead atoms. The first-order valence-corrected chi connectivity index (χ1v) is 5.12. The fraction of sp³-hybridized carbons (Fsp3) is 0.800. The molecule has 0 aliphatic rings. The van der Waals surface area contributed by atoms with E-state index in [2.05, 4.69) is 24.2 Å². The predicted octanol–water partition coefficient (Wildman–Crippen LogP) is 1.83. The van der Waals surface area contributed by atoms with Gasteiger partial charge in [-0.15, -0.1) is 5.10 Å². The Bertz CT molecular complexity index is 268. The molecule has 0 aliphatic heterocycles. The van der Waals surface area contributed by atoms with Crippen molar-refractivity contribution in [2.45, 2.75) is 46.3 Å². The SMILES string of the molecule is CC(C)OCCc1cnnn1C(C)C. The lowest BCUT2D eigenvalue weighted by molar-refractivity contribution is 0.0802. The van der Waals surface area contributed by atoms with Crippen molar-refractivity contribution in [1.82, 2.24) is 15.0 Å². The van der Waals surface area contributed by atoms with E-state index in [0.717, 1.165) is 18.7 Å². The van der Waals surface area contributed by atoms with Crippen molar-refractivity contribution in [2.75, 3.05) is 6.61 Å². The van der Waals surface area contributed by atoms with Crippen LogP contribution >= 0.6 is 0 Å². The van der Waals surface area contributed by atoms with Gasteiger partial charge in [0.15, 0.2) is 0 Å². The predicted molar refractivity (Wildman–Crippen MR) is 55.2 cm³/mol. The van der Waals surface area contributed by atoms with Gasteiger partial charge in [-0.2, -0.15) is 0 Å². The summed E-state index contributed by atoms with van der Waals surface area (Å²) in [5.41, 5.74) is 1.14. The van der Waals surface area contributed by atoms with Crippen molar-refractivity contribution in [3.63, 3.8) is 0 Å². The van der Waals surface area contributed by atoms with Crippen LogP contribution in [0.3, 0.4) is 0 Å². The first-order valence-electron chi connectivity index (χ1n) is 5.12. The second-order valence-corrected chi connectivity index (χ2v) is 3.93. The molecule has 0 N–H and O–H groups in total. The molecule has 1 heterocycles. The van der Waals surface area contributed by atoms with Crippen LogP contribution < -0.4 is 0 Å². The molecule has 1 aromatic heterocycles. The van der Waals surface area contributed by atoms with Crippen LogP contribution in [0.1, 0.15) is 39.4 Å². The third kappa shape index (κ3) is 3.10. The quantitative estimate of drug-likeness (QED) is 0.723. The fourth-order valence-electron chi connectivity index (χ4n) is 1.28. The van der Waals surface area contributed by atoms with Gasteiger partial charge in [-0.1, -0.05) is 5.21 Å². The topological polar surface area (TPSA) is 39.9 Å². The summed E-state index contributed by atoms with van der Waals surface area (Å²) in [6.45, 7) is 9.01. The molecule has 14 heavy (non-hydrogen) atoms. The van der Waals surface area contributed by atoms with Crippen molar-refractivity contribution in [1.29, 1.82) is 0 Å². The molecule has 0 saturated heterocycles. The van der Waals surface area contributed by atoms with Gasteiger partial charge in [0.2, 0.25) is 0 Å². The normalized spacial score (nSPS) is 11.6. The zero-order valence-electron chi connectivity index (χ0n) is 9.40. The van der Waals surface area contributed by atoms with Crippen molar-refractivity contribution < 1.29 is 4.74 Å². The van der Waals surface area contributed by atoms with Crippen LogP contribution in [-0.2, 0) is 11.2 Å². The Morgan fingerprint density at radius 2 is 2.07 bits per heavy atom. The average Bonchev–Trinajstić information content (AvgIpc) is 2.51. The third-order valence-corrected chi connectivity index (χ3v) is 1.95. The summed E-state index contributed by atoms with van der Waals surface area (Å²) < 4.78 is 7.42. The van der Waals surface area contributed by atoms with Gasteiger partial charge >= 0.3 is 0 Å². The van der Waals surface area contributed by atoms with Gasteiger partial charge < -0.3 is 4.74 Å². The molecule has 0 unspecified atom stereocenters. The summed E-state index contributed by atoms with van der Waals surface area (Å²) in [6, 6.07) is 0.367. The first-order chi connectivity index (χ1) is 6.61. The molecule has 0 spiro atoms. The Morgan fingerprint density at radius 3 is 2.64 bits per heavy atom. The number of hydrogen-bond acceptors (Lipinski definition) is 3. The maximum Gasteiger partial charge on any atom is 0.0726 e. The van der Waals surface area contributed by atoms with Crippen molar-refractivity contribution in [3.8, 4) is 0 Å². The number of ether oxygens (including phenoxy) is 1. The van der Waals surface area contributed by atoms with E-state index in [4.69, 9.17) is 4.74 Å². The standard InChI is InChI=1S/C10H19N3O/c1-8(2)13-10(7-11-12-13)5-6-14-9(3)4/h7-9H,5-6H2,1-4H3. The van der Waals surface area contributed by atoms with E-state index in [-0.39, 0.29) is 0 Å². The summed E-state index contributed by atoms with van der Waals surface area (Å²) in [6.07, 6.45) is 2.98. The summed E-state index contributed by atoms with van der Waals surface area (Å²) in [5, 5.41) is 7.92. The minimum Gasteiger partial charge on any atom is -0.378 e. The van der Waals surface area contributed by atoms with Gasteiger partial charge in [0.1, 0.15) is 0 Å². The van der Waals surface area contributed by atoms with E-state index in [0.29, 0.717) is 12.1 Å². The molecule has 0 saturated carbocycles. The van der Waals surface area contributed by atoms with Gasteiger partial charge in [-0.25, -0.2) is 4.68 Å².